The lowest BCUT2D eigenvalue weighted by Crippen LogP contribution is -2.11. The minimum atomic E-state index is -0.320. The van der Waals surface area contributed by atoms with Gasteiger partial charge in [0.15, 0.2) is 0 Å². The van der Waals surface area contributed by atoms with E-state index >= 15 is 0 Å². The second-order valence-corrected chi connectivity index (χ2v) is 5.87. The average Bonchev–Trinajstić information content (AvgIpc) is 2.77. The number of nitrogens with zero attached hydrogens (tertiary/aromatic N) is 1. The third-order valence-electron chi connectivity index (χ3n) is 4.25. The van der Waals surface area contributed by atoms with E-state index in [-0.39, 0.29) is 6.10 Å². The van der Waals surface area contributed by atoms with E-state index in [4.69, 9.17) is 0 Å². The van der Waals surface area contributed by atoms with Crippen LogP contribution in [0, 0.1) is 5.92 Å². The van der Waals surface area contributed by atoms with Crippen molar-refractivity contribution in [2.24, 2.45) is 5.92 Å². The van der Waals surface area contributed by atoms with E-state index in [9.17, 15) is 5.11 Å². The molecule has 20 heavy (non-hydrogen) atoms. The molecule has 1 aliphatic rings. The molecule has 1 N–H and O–H groups in total. The lowest BCUT2D eigenvalue weighted by molar-refractivity contribution is 0.123. The zero-order valence-electron chi connectivity index (χ0n) is 12.1. The van der Waals surface area contributed by atoms with Crippen molar-refractivity contribution in [2.75, 3.05) is 19.0 Å². The first-order chi connectivity index (χ1) is 9.65. The van der Waals surface area contributed by atoms with Gasteiger partial charge in [-0.25, -0.2) is 0 Å². The molecule has 1 aliphatic carbocycles. The summed E-state index contributed by atoms with van der Waals surface area (Å²) in [5, 5.41) is 10.4. The SMILES string of the molecule is CN(C)c1ccc(CC2Cc3ccccc3C2O)cc1. The molecule has 0 fully saturated rings. The van der Waals surface area contributed by atoms with Crippen LogP contribution in [0.5, 0.6) is 0 Å². The van der Waals surface area contributed by atoms with E-state index < -0.39 is 0 Å². The Balaban J connectivity index is 1.73. The molecule has 0 saturated heterocycles. The number of hydrogen-bond donors (Lipinski definition) is 1. The highest BCUT2D eigenvalue weighted by Crippen LogP contribution is 2.37. The van der Waals surface area contributed by atoms with Gasteiger partial charge in [-0.1, -0.05) is 36.4 Å². The van der Waals surface area contributed by atoms with E-state index in [1.165, 1.54) is 16.8 Å². The normalized spacial score (nSPS) is 20.8. The highest BCUT2D eigenvalue weighted by atomic mass is 16.3. The highest BCUT2D eigenvalue weighted by Gasteiger charge is 2.30. The van der Waals surface area contributed by atoms with Gasteiger partial charge in [0.25, 0.3) is 0 Å². The number of fused-ring (bicyclic) bond motifs is 1. The van der Waals surface area contributed by atoms with E-state index in [1.54, 1.807) is 0 Å². The zero-order valence-corrected chi connectivity index (χ0v) is 12.1. The van der Waals surface area contributed by atoms with Crippen LogP contribution in [0.25, 0.3) is 0 Å². The lowest BCUT2D eigenvalue weighted by Gasteiger charge is -2.16. The molecule has 0 amide bonds. The van der Waals surface area contributed by atoms with Crippen molar-refractivity contribution in [1.82, 2.24) is 0 Å². The standard InChI is InChI=1S/C18H21NO/c1-19(2)16-9-7-13(8-10-16)11-15-12-14-5-3-4-6-17(14)18(15)20/h3-10,15,18,20H,11-12H2,1-2H3. The minimum Gasteiger partial charge on any atom is -0.388 e. The van der Waals surface area contributed by atoms with Crippen molar-refractivity contribution < 1.29 is 5.11 Å². The molecule has 2 aromatic carbocycles. The third kappa shape index (κ3) is 2.44. The Morgan fingerprint density at radius 3 is 2.40 bits per heavy atom. The van der Waals surface area contributed by atoms with Gasteiger partial charge in [0.2, 0.25) is 0 Å². The molecule has 2 nitrogen and oxygen atoms in total. The molecule has 2 heteroatoms. The Morgan fingerprint density at radius 2 is 1.75 bits per heavy atom. The summed E-state index contributed by atoms with van der Waals surface area (Å²) >= 11 is 0. The van der Waals surface area contributed by atoms with Gasteiger partial charge in [0.05, 0.1) is 6.10 Å². The molecule has 0 aromatic heterocycles. The summed E-state index contributed by atoms with van der Waals surface area (Å²) in [4.78, 5) is 2.10. The second-order valence-electron chi connectivity index (χ2n) is 5.87. The molecule has 2 unspecified atom stereocenters. The van der Waals surface area contributed by atoms with Gasteiger partial charge in [-0.3, -0.25) is 0 Å². The van der Waals surface area contributed by atoms with Crippen LogP contribution in [0.15, 0.2) is 48.5 Å². The molecule has 104 valence electrons. The third-order valence-corrected chi connectivity index (χ3v) is 4.25. The van der Waals surface area contributed by atoms with Crippen LogP contribution >= 0.6 is 0 Å². The first kappa shape index (κ1) is 13.2. The van der Waals surface area contributed by atoms with Crippen molar-refractivity contribution in [3.63, 3.8) is 0 Å². The molecule has 2 aromatic rings. The average molecular weight is 267 g/mol. The Labute approximate surface area is 120 Å². The van der Waals surface area contributed by atoms with Crippen molar-refractivity contribution in [2.45, 2.75) is 18.9 Å². The highest BCUT2D eigenvalue weighted by molar-refractivity contribution is 5.46. The quantitative estimate of drug-likeness (QED) is 0.923. The molecule has 0 bridgehead atoms. The van der Waals surface area contributed by atoms with E-state index in [1.807, 2.05) is 20.2 Å². The van der Waals surface area contributed by atoms with Gasteiger partial charge in [0, 0.05) is 19.8 Å². The van der Waals surface area contributed by atoms with Crippen molar-refractivity contribution in [3.8, 4) is 0 Å². The number of benzene rings is 2. The fourth-order valence-electron chi connectivity index (χ4n) is 3.07. The van der Waals surface area contributed by atoms with Gasteiger partial charge >= 0.3 is 0 Å². The predicted molar refractivity (Wildman–Crippen MR) is 83.1 cm³/mol. The summed E-state index contributed by atoms with van der Waals surface area (Å²) < 4.78 is 0. The number of rotatable bonds is 3. The molecule has 3 rings (SSSR count). The molecule has 0 spiro atoms. The van der Waals surface area contributed by atoms with Gasteiger partial charge < -0.3 is 10.0 Å². The molecule has 0 aliphatic heterocycles. The van der Waals surface area contributed by atoms with Gasteiger partial charge in [-0.05, 0) is 47.6 Å². The first-order valence-corrected chi connectivity index (χ1v) is 7.17. The first-order valence-electron chi connectivity index (χ1n) is 7.17. The van der Waals surface area contributed by atoms with Crippen LogP contribution in [0.1, 0.15) is 22.8 Å². The van der Waals surface area contributed by atoms with Gasteiger partial charge in [0.1, 0.15) is 0 Å². The fraction of sp³-hybridized carbons (Fsp3) is 0.333. The van der Waals surface area contributed by atoms with Crippen molar-refractivity contribution >= 4 is 5.69 Å². The van der Waals surface area contributed by atoms with E-state index in [2.05, 4.69) is 47.4 Å². The number of anilines is 1. The molecular formula is C18H21NO. The van der Waals surface area contributed by atoms with E-state index in [0.717, 1.165) is 18.4 Å². The number of aliphatic hydroxyl groups excluding tert-OH is 1. The summed E-state index contributed by atoms with van der Waals surface area (Å²) in [6.07, 6.45) is 1.59. The Kier molecular flexibility index (Phi) is 3.49. The maximum atomic E-state index is 10.4. The van der Waals surface area contributed by atoms with Crippen LogP contribution in [-0.2, 0) is 12.8 Å². The van der Waals surface area contributed by atoms with Gasteiger partial charge in [-0.15, -0.1) is 0 Å². The van der Waals surface area contributed by atoms with Crippen LogP contribution in [0.2, 0.25) is 0 Å². The van der Waals surface area contributed by atoms with Crippen LogP contribution < -0.4 is 4.90 Å². The van der Waals surface area contributed by atoms with Crippen molar-refractivity contribution in [1.29, 1.82) is 0 Å². The minimum absolute atomic E-state index is 0.303. The summed E-state index contributed by atoms with van der Waals surface area (Å²) in [5.74, 6) is 0.303. The molecular weight excluding hydrogens is 246 g/mol. The number of aliphatic hydroxyl groups is 1. The molecule has 0 heterocycles. The van der Waals surface area contributed by atoms with Crippen LogP contribution in [0.4, 0.5) is 5.69 Å². The fourth-order valence-corrected chi connectivity index (χ4v) is 3.07. The predicted octanol–water partition coefficient (Wildman–Crippen LogP) is 3.20. The Morgan fingerprint density at radius 1 is 1.05 bits per heavy atom. The van der Waals surface area contributed by atoms with Crippen molar-refractivity contribution in [3.05, 3.63) is 65.2 Å². The molecule has 0 saturated carbocycles. The summed E-state index contributed by atoms with van der Waals surface area (Å²) in [6.45, 7) is 0. The Bertz CT molecular complexity index is 589. The summed E-state index contributed by atoms with van der Waals surface area (Å²) in [5.41, 5.74) is 4.92. The summed E-state index contributed by atoms with van der Waals surface area (Å²) in [6, 6.07) is 16.9. The molecule has 0 radical (unpaired) electrons. The maximum Gasteiger partial charge on any atom is 0.0827 e. The number of hydrogen-bond acceptors (Lipinski definition) is 2. The lowest BCUT2D eigenvalue weighted by atomic mass is 9.94. The topological polar surface area (TPSA) is 23.5 Å². The largest absolute Gasteiger partial charge is 0.388 e. The maximum absolute atomic E-state index is 10.4. The second kappa shape index (κ2) is 5.29. The van der Waals surface area contributed by atoms with E-state index in [0.29, 0.717) is 5.92 Å². The monoisotopic (exact) mass is 267 g/mol. The Hall–Kier alpha value is -1.80. The van der Waals surface area contributed by atoms with Crippen LogP contribution in [0.3, 0.4) is 0 Å². The summed E-state index contributed by atoms with van der Waals surface area (Å²) in [7, 11) is 4.10. The molecule has 2 atom stereocenters. The van der Waals surface area contributed by atoms with Crippen LogP contribution in [-0.4, -0.2) is 19.2 Å². The van der Waals surface area contributed by atoms with Gasteiger partial charge in [-0.2, -0.15) is 0 Å². The smallest absolute Gasteiger partial charge is 0.0827 e. The zero-order chi connectivity index (χ0) is 14.1.